The van der Waals surface area contributed by atoms with Crippen molar-refractivity contribution < 1.29 is 32.7 Å². The summed E-state index contributed by atoms with van der Waals surface area (Å²) in [5, 5.41) is 20.7. The lowest BCUT2D eigenvalue weighted by Gasteiger charge is -2.22. The monoisotopic (exact) mass is 390 g/mol. The van der Waals surface area contributed by atoms with E-state index in [9.17, 15) is 28.0 Å². The van der Waals surface area contributed by atoms with Crippen LogP contribution >= 0.6 is 0 Å². The molecule has 0 atom stereocenters. The van der Waals surface area contributed by atoms with Crippen LogP contribution in [0.1, 0.15) is 0 Å². The summed E-state index contributed by atoms with van der Waals surface area (Å²) in [6.07, 6.45) is -0.0344. The number of nitrogens with zero attached hydrogens (tertiary/aromatic N) is 2. The van der Waals surface area contributed by atoms with E-state index >= 15 is 0 Å². The van der Waals surface area contributed by atoms with Gasteiger partial charge in [-0.1, -0.05) is 12.1 Å². The quantitative estimate of drug-likeness (QED) is 0.578. The van der Waals surface area contributed by atoms with Crippen LogP contribution in [0.25, 0.3) is 10.9 Å². The van der Waals surface area contributed by atoms with Gasteiger partial charge in [-0.3, -0.25) is 9.54 Å². The van der Waals surface area contributed by atoms with Crippen LogP contribution in [0.2, 0.25) is 0 Å². The fraction of sp³-hybridized carbons (Fsp3) is 0.0588. The average molecular weight is 390 g/mol. The van der Waals surface area contributed by atoms with Gasteiger partial charge in [0.05, 0.1) is 18.5 Å². The van der Waals surface area contributed by atoms with Crippen molar-refractivity contribution in [2.75, 3.05) is 12.0 Å². The highest BCUT2D eigenvalue weighted by molar-refractivity contribution is 7.86. The van der Waals surface area contributed by atoms with E-state index in [1.807, 2.05) is 0 Å². The minimum Gasteiger partial charge on any atom is -0.504 e. The third-order valence-corrected chi connectivity index (χ3v) is 4.72. The van der Waals surface area contributed by atoms with Gasteiger partial charge in [0, 0.05) is 11.6 Å². The standard InChI is InChI=1S/C17H14N2O7S/c1-26-13-7-5-11(9-14(13)27(23,24)25)19(17(21)22)12-6-4-10-3-2-8-18-15(10)16(12)20/h2-9,20H,1H3,(H,21,22)(H,23,24,25). The first-order valence-electron chi connectivity index (χ1n) is 7.49. The molecule has 0 unspecified atom stereocenters. The third kappa shape index (κ3) is 3.35. The number of pyridine rings is 1. The van der Waals surface area contributed by atoms with E-state index in [1.165, 1.54) is 31.5 Å². The molecule has 0 aliphatic heterocycles. The number of ether oxygens (including phenoxy) is 1. The summed E-state index contributed by atoms with van der Waals surface area (Å²) in [6.45, 7) is 0. The minimum absolute atomic E-state index is 0.124. The summed E-state index contributed by atoms with van der Waals surface area (Å²) in [4.78, 5) is 16.0. The fourth-order valence-electron chi connectivity index (χ4n) is 2.66. The summed E-state index contributed by atoms with van der Waals surface area (Å²) < 4.78 is 37.4. The molecule has 10 heteroatoms. The number of carboxylic acid groups (broad SMARTS) is 1. The molecule has 3 rings (SSSR count). The smallest absolute Gasteiger partial charge is 0.416 e. The number of benzene rings is 2. The van der Waals surface area contributed by atoms with Crippen molar-refractivity contribution in [3.63, 3.8) is 0 Å². The molecule has 1 heterocycles. The van der Waals surface area contributed by atoms with E-state index in [1.54, 1.807) is 18.2 Å². The fourth-order valence-corrected chi connectivity index (χ4v) is 3.33. The molecule has 27 heavy (non-hydrogen) atoms. The Bertz CT molecular complexity index is 1150. The van der Waals surface area contributed by atoms with E-state index in [-0.39, 0.29) is 28.4 Å². The van der Waals surface area contributed by atoms with Gasteiger partial charge in [0.2, 0.25) is 0 Å². The van der Waals surface area contributed by atoms with E-state index in [0.717, 1.165) is 6.07 Å². The van der Waals surface area contributed by atoms with Crippen LogP contribution in [0.3, 0.4) is 0 Å². The van der Waals surface area contributed by atoms with Gasteiger partial charge in [0.15, 0.2) is 5.75 Å². The zero-order valence-corrected chi connectivity index (χ0v) is 14.7. The molecular weight excluding hydrogens is 376 g/mol. The summed E-state index contributed by atoms with van der Waals surface area (Å²) >= 11 is 0. The van der Waals surface area contributed by atoms with Crippen LogP contribution < -0.4 is 9.64 Å². The number of anilines is 2. The zero-order chi connectivity index (χ0) is 19.8. The molecule has 1 aromatic heterocycles. The number of carbonyl (C=O) groups is 1. The van der Waals surface area contributed by atoms with E-state index in [2.05, 4.69) is 4.98 Å². The van der Waals surface area contributed by atoms with Crippen LogP contribution in [-0.2, 0) is 10.1 Å². The number of rotatable bonds is 4. The topological polar surface area (TPSA) is 137 Å². The predicted octanol–water partition coefficient (Wildman–Crippen LogP) is 3.01. The molecule has 0 spiro atoms. The zero-order valence-electron chi connectivity index (χ0n) is 13.9. The molecule has 1 amide bonds. The molecule has 0 fully saturated rings. The maximum atomic E-state index is 11.9. The Balaban J connectivity index is 2.24. The van der Waals surface area contributed by atoms with Crippen molar-refractivity contribution in [3.05, 3.63) is 48.7 Å². The van der Waals surface area contributed by atoms with Crippen LogP contribution in [0.4, 0.5) is 16.2 Å². The van der Waals surface area contributed by atoms with Gasteiger partial charge >= 0.3 is 6.09 Å². The Morgan fingerprint density at radius 1 is 1.19 bits per heavy atom. The highest BCUT2D eigenvalue weighted by atomic mass is 32.2. The van der Waals surface area contributed by atoms with E-state index < -0.39 is 21.1 Å². The third-order valence-electron chi connectivity index (χ3n) is 3.84. The Labute approximate surface area is 153 Å². The first-order chi connectivity index (χ1) is 12.7. The lowest BCUT2D eigenvalue weighted by atomic mass is 10.1. The van der Waals surface area contributed by atoms with Crippen molar-refractivity contribution >= 4 is 38.5 Å². The molecule has 0 saturated heterocycles. The van der Waals surface area contributed by atoms with Crippen molar-refractivity contribution in [1.29, 1.82) is 0 Å². The largest absolute Gasteiger partial charge is 0.504 e. The minimum atomic E-state index is -4.67. The Morgan fingerprint density at radius 2 is 1.93 bits per heavy atom. The molecule has 9 nitrogen and oxygen atoms in total. The Hall–Kier alpha value is -3.37. The normalized spacial score (nSPS) is 11.3. The molecule has 0 bridgehead atoms. The van der Waals surface area contributed by atoms with Crippen LogP contribution in [0.15, 0.2) is 53.6 Å². The summed E-state index contributed by atoms with van der Waals surface area (Å²) in [6, 6.07) is 9.71. The van der Waals surface area contributed by atoms with E-state index in [0.29, 0.717) is 10.3 Å². The number of aromatic hydroxyl groups is 1. The number of aromatic nitrogens is 1. The molecule has 0 saturated carbocycles. The van der Waals surface area contributed by atoms with Crippen LogP contribution in [0.5, 0.6) is 11.5 Å². The molecule has 3 N–H and O–H groups in total. The predicted molar refractivity (Wildman–Crippen MR) is 96.4 cm³/mol. The number of phenolic OH excluding ortho intramolecular Hbond substituents is 1. The summed E-state index contributed by atoms with van der Waals surface area (Å²) in [7, 11) is -3.47. The van der Waals surface area contributed by atoms with Gasteiger partial charge in [-0.2, -0.15) is 8.42 Å². The van der Waals surface area contributed by atoms with Gasteiger partial charge in [0.1, 0.15) is 16.2 Å². The van der Waals surface area contributed by atoms with Crippen LogP contribution in [0, 0.1) is 0 Å². The molecule has 0 aliphatic rings. The van der Waals surface area contributed by atoms with Crippen molar-refractivity contribution in [2.45, 2.75) is 4.90 Å². The lowest BCUT2D eigenvalue weighted by molar-refractivity contribution is 0.204. The Morgan fingerprint density at radius 3 is 2.56 bits per heavy atom. The molecule has 2 aromatic carbocycles. The average Bonchev–Trinajstić information content (AvgIpc) is 2.63. The number of methoxy groups -OCH3 is 1. The first-order valence-corrected chi connectivity index (χ1v) is 8.93. The second-order valence-electron chi connectivity index (χ2n) is 5.44. The first kappa shape index (κ1) is 18.4. The molecule has 3 aromatic rings. The number of hydrogen-bond donors (Lipinski definition) is 3. The van der Waals surface area contributed by atoms with Gasteiger partial charge < -0.3 is 14.9 Å². The second kappa shape index (κ2) is 6.74. The second-order valence-corrected chi connectivity index (χ2v) is 6.83. The van der Waals surface area contributed by atoms with Gasteiger partial charge in [0.25, 0.3) is 10.1 Å². The lowest BCUT2D eigenvalue weighted by Crippen LogP contribution is -2.24. The van der Waals surface area contributed by atoms with Gasteiger partial charge in [-0.05, 0) is 30.3 Å². The SMILES string of the molecule is COc1ccc(N(C(=O)O)c2ccc3cccnc3c2O)cc1S(=O)(=O)O. The van der Waals surface area contributed by atoms with Crippen molar-refractivity contribution in [2.24, 2.45) is 0 Å². The molecule has 0 aliphatic carbocycles. The number of phenols is 1. The number of fused-ring (bicyclic) bond motifs is 1. The van der Waals surface area contributed by atoms with Crippen molar-refractivity contribution in [1.82, 2.24) is 4.98 Å². The highest BCUT2D eigenvalue weighted by Crippen LogP contribution is 2.39. The molecule has 0 radical (unpaired) electrons. The maximum Gasteiger partial charge on any atom is 0.416 e. The number of amides is 1. The maximum absolute atomic E-state index is 11.9. The van der Waals surface area contributed by atoms with E-state index in [4.69, 9.17) is 4.74 Å². The molecular formula is C17H14N2O7S. The van der Waals surface area contributed by atoms with Gasteiger partial charge in [-0.15, -0.1) is 0 Å². The summed E-state index contributed by atoms with van der Waals surface area (Å²) in [5.74, 6) is -0.546. The Kier molecular flexibility index (Phi) is 4.60. The van der Waals surface area contributed by atoms with Gasteiger partial charge in [-0.25, -0.2) is 9.69 Å². The number of hydrogen-bond acceptors (Lipinski definition) is 6. The van der Waals surface area contributed by atoms with Crippen molar-refractivity contribution in [3.8, 4) is 11.5 Å². The summed E-state index contributed by atoms with van der Waals surface area (Å²) in [5.41, 5.74) is -0.0635. The molecule has 140 valence electrons. The highest BCUT2D eigenvalue weighted by Gasteiger charge is 2.25. The van der Waals surface area contributed by atoms with Crippen LogP contribution in [-0.4, -0.2) is 41.4 Å².